The summed E-state index contributed by atoms with van der Waals surface area (Å²) in [5.41, 5.74) is 1.60. The molecule has 0 atom stereocenters. The Hall–Kier alpha value is -2.09. The second-order valence-electron chi connectivity index (χ2n) is 3.44. The zero-order valence-electron chi connectivity index (χ0n) is 9.07. The molecule has 0 bridgehead atoms. The van der Waals surface area contributed by atoms with Gasteiger partial charge in [-0.2, -0.15) is 0 Å². The van der Waals surface area contributed by atoms with Gasteiger partial charge < -0.3 is 4.74 Å². The molecular formula is C14H12O2. The Bertz CT molecular complexity index is 556. The quantitative estimate of drug-likeness (QED) is 0.714. The first-order valence-corrected chi connectivity index (χ1v) is 5.00. The van der Waals surface area contributed by atoms with Crippen LogP contribution in [-0.2, 0) is 4.74 Å². The summed E-state index contributed by atoms with van der Waals surface area (Å²) in [6.45, 7) is 3.76. The number of carbonyl (C=O) groups excluding carboxylic acids is 1. The highest BCUT2D eigenvalue weighted by molar-refractivity contribution is 6.06. The Morgan fingerprint density at radius 3 is 2.56 bits per heavy atom. The lowest BCUT2D eigenvalue weighted by molar-refractivity contribution is 0.0603. The second-order valence-corrected chi connectivity index (χ2v) is 3.44. The third-order valence-corrected chi connectivity index (χ3v) is 2.58. The zero-order valence-corrected chi connectivity index (χ0v) is 9.07. The minimum absolute atomic E-state index is 0.313. The van der Waals surface area contributed by atoms with Gasteiger partial charge in [0.15, 0.2) is 0 Å². The third kappa shape index (κ3) is 1.58. The molecule has 0 saturated carbocycles. The van der Waals surface area contributed by atoms with Crippen molar-refractivity contribution in [3.8, 4) is 0 Å². The van der Waals surface area contributed by atoms with Gasteiger partial charge in [-0.3, -0.25) is 0 Å². The SMILES string of the molecule is C=Cc1cccc2c(C(=O)OC)cccc12. The van der Waals surface area contributed by atoms with Crippen LogP contribution in [0.25, 0.3) is 16.8 Å². The maximum Gasteiger partial charge on any atom is 0.338 e. The van der Waals surface area contributed by atoms with Crippen molar-refractivity contribution in [2.75, 3.05) is 7.11 Å². The molecule has 2 rings (SSSR count). The van der Waals surface area contributed by atoms with Gasteiger partial charge in [-0.25, -0.2) is 4.79 Å². The summed E-state index contributed by atoms with van der Waals surface area (Å²) < 4.78 is 4.75. The number of benzene rings is 2. The van der Waals surface area contributed by atoms with Gasteiger partial charge in [0.25, 0.3) is 0 Å². The van der Waals surface area contributed by atoms with Gasteiger partial charge in [-0.1, -0.05) is 43.0 Å². The number of methoxy groups -OCH3 is 1. The molecule has 16 heavy (non-hydrogen) atoms. The largest absolute Gasteiger partial charge is 0.465 e. The lowest BCUT2D eigenvalue weighted by Gasteiger charge is -2.06. The molecule has 0 fully saturated rings. The van der Waals surface area contributed by atoms with Crippen molar-refractivity contribution in [3.63, 3.8) is 0 Å². The number of ether oxygens (including phenoxy) is 1. The smallest absolute Gasteiger partial charge is 0.338 e. The molecule has 0 aliphatic heterocycles. The van der Waals surface area contributed by atoms with Gasteiger partial charge in [0.2, 0.25) is 0 Å². The molecule has 0 radical (unpaired) electrons. The van der Waals surface area contributed by atoms with Gasteiger partial charge in [0.05, 0.1) is 12.7 Å². The molecular weight excluding hydrogens is 200 g/mol. The maximum absolute atomic E-state index is 11.6. The molecule has 0 amide bonds. The van der Waals surface area contributed by atoms with Crippen LogP contribution < -0.4 is 0 Å². The van der Waals surface area contributed by atoms with E-state index >= 15 is 0 Å². The van der Waals surface area contributed by atoms with E-state index in [0.717, 1.165) is 16.3 Å². The summed E-state index contributed by atoms with van der Waals surface area (Å²) in [4.78, 5) is 11.6. The summed E-state index contributed by atoms with van der Waals surface area (Å²) in [5, 5.41) is 1.91. The summed E-state index contributed by atoms with van der Waals surface area (Å²) in [6, 6.07) is 11.4. The van der Waals surface area contributed by atoms with Crippen LogP contribution in [-0.4, -0.2) is 13.1 Å². The molecule has 0 N–H and O–H groups in total. The van der Waals surface area contributed by atoms with Crippen molar-refractivity contribution >= 4 is 22.8 Å². The van der Waals surface area contributed by atoms with Crippen LogP contribution in [0.3, 0.4) is 0 Å². The van der Waals surface area contributed by atoms with E-state index in [4.69, 9.17) is 4.74 Å². The molecule has 0 heterocycles. The second kappa shape index (κ2) is 4.19. The summed E-state index contributed by atoms with van der Waals surface area (Å²) in [6.07, 6.45) is 1.78. The average molecular weight is 212 g/mol. The standard InChI is InChI=1S/C14H12O2/c1-3-10-6-4-8-12-11(10)7-5-9-13(12)14(15)16-2/h3-9H,1H2,2H3. The van der Waals surface area contributed by atoms with E-state index in [0.29, 0.717) is 5.56 Å². The van der Waals surface area contributed by atoms with E-state index < -0.39 is 0 Å². The normalized spacial score (nSPS) is 10.1. The topological polar surface area (TPSA) is 26.3 Å². The summed E-state index contributed by atoms with van der Waals surface area (Å²) in [5.74, 6) is -0.313. The molecule has 0 spiro atoms. The zero-order chi connectivity index (χ0) is 11.5. The first-order chi connectivity index (χ1) is 7.77. The van der Waals surface area contributed by atoms with Gasteiger partial charge in [0, 0.05) is 0 Å². The number of esters is 1. The molecule has 0 saturated heterocycles. The highest BCUT2D eigenvalue weighted by Gasteiger charge is 2.10. The number of rotatable bonds is 2. The van der Waals surface area contributed by atoms with E-state index in [9.17, 15) is 4.79 Å². The van der Waals surface area contributed by atoms with Crippen molar-refractivity contribution in [1.29, 1.82) is 0 Å². The molecule has 0 aliphatic rings. The lowest BCUT2D eigenvalue weighted by Crippen LogP contribution is -2.01. The lowest BCUT2D eigenvalue weighted by atomic mass is 10.0. The van der Waals surface area contributed by atoms with Gasteiger partial charge in [-0.15, -0.1) is 0 Å². The molecule has 80 valence electrons. The van der Waals surface area contributed by atoms with Gasteiger partial charge in [-0.05, 0) is 22.4 Å². The predicted octanol–water partition coefficient (Wildman–Crippen LogP) is 3.27. The highest BCUT2D eigenvalue weighted by Crippen LogP contribution is 2.23. The van der Waals surface area contributed by atoms with E-state index in [1.54, 1.807) is 12.1 Å². The van der Waals surface area contributed by atoms with Crippen LogP contribution in [0.5, 0.6) is 0 Å². The van der Waals surface area contributed by atoms with Crippen LogP contribution >= 0.6 is 0 Å². The Morgan fingerprint density at radius 2 is 1.88 bits per heavy atom. The number of hydrogen-bond acceptors (Lipinski definition) is 2. The fourth-order valence-corrected chi connectivity index (χ4v) is 1.80. The van der Waals surface area contributed by atoms with Gasteiger partial charge >= 0.3 is 5.97 Å². The van der Waals surface area contributed by atoms with E-state index in [2.05, 4.69) is 6.58 Å². The van der Waals surface area contributed by atoms with Crippen LogP contribution in [0.2, 0.25) is 0 Å². The summed E-state index contributed by atoms with van der Waals surface area (Å²) >= 11 is 0. The van der Waals surface area contributed by atoms with Crippen LogP contribution in [0.15, 0.2) is 43.0 Å². The van der Waals surface area contributed by atoms with Crippen LogP contribution in [0, 0.1) is 0 Å². The first kappa shape index (κ1) is 10.4. The van der Waals surface area contributed by atoms with Crippen LogP contribution in [0.1, 0.15) is 15.9 Å². The monoisotopic (exact) mass is 212 g/mol. The predicted molar refractivity (Wildman–Crippen MR) is 65.4 cm³/mol. The fraction of sp³-hybridized carbons (Fsp3) is 0.0714. The van der Waals surface area contributed by atoms with Crippen LogP contribution in [0.4, 0.5) is 0 Å². The molecule has 0 aliphatic carbocycles. The minimum atomic E-state index is -0.313. The summed E-state index contributed by atoms with van der Waals surface area (Å²) in [7, 11) is 1.39. The molecule has 2 aromatic carbocycles. The molecule has 0 unspecified atom stereocenters. The first-order valence-electron chi connectivity index (χ1n) is 5.00. The molecule has 2 heteroatoms. The van der Waals surface area contributed by atoms with Gasteiger partial charge in [0.1, 0.15) is 0 Å². The number of hydrogen-bond donors (Lipinski definition) is 0. The van der Waals surface area contributed by atoms with Crippen molar-refractivity contribution in [2.45, 2.75) is 0 Å². The Labute approximate surface area is 94.2 Å². The highest BCUT2D eigenvalue weighted by atomic mass is 16.5. The Kier molecular flexibility index (Phi) is 2.73. The molecule has 2 aromatic rings. The fourth-order valence-electron chi connectivity index (χ4n) is 1.80. The van der Waals surface area contributed by atoms with Crippen molar-refractivity contribution in [2.24, 2.45) is 0 Å². The van der Waals surface area contributed by atoms with Crippen molar-refractivity contribution in [3.05, 3.63) is 54.1 Å². The molecule has 0 aromatic heterocycles. The number of fused-ring (bicyclic) bond motifs is 1. The van der Waals surface area contributed by atoms with E-state index in [1.165, 1.54) is 7.11 Å². The third-order valence-electron chi connectivity index (χ3n) is 2.58. The minimum Gasteiger partial charge on any atom is -0.465 e. The Balaban J connectivity index is 2.78. The van der Waals surface area contributed by atoms with Crippen molar-refractivity contribution in [1.82, 2.24) is 0 Å². The molecule has 2 nitrogen and oxygen atoms in total. The average Bonchev–Trinajstić information content (AvgIpc) is 2.36. The van der Waals surface area contributed by atoms with Crippen molar-refractivity contribution < 1.29 is 9.53 Å². The van der Waals surface area contributed by atoms with E-state index in [-0.39, 0.29) is 5.97 Å². The van der Waals surface area contributed by atoms with E-state index in [1.807, 2.05) is 30.3 Å². The maximum atomic E-state index is 11.6. The number of carbonyl (C=O) groups is 1. The Morgan fingerprint density at radius 1 is 1.19 bits per heavy atom.